The van der Waals surface area contributed by atoms with Crippen LogP contribution in [0, 0.1) is 13.8 Å². The molecule has 6 heteroatoms. The summed E-state index contributed by atoms with van der Waals surface area (Å²) in [7, 11) is 0. The largest absolute Gasteiger partial charge is 0.368 e. The van der Waals surface area contributed by atoms with Crippen molar-refractivity contribution in [2.45, 2.75) is 20.3 Å². The molecule has 118 valence electrons. The van der Waals surface area contributed by atoms with Crippen molar-refractivity contribution in [3.63, 3.8) is 0 Å². The van der Waals surface area contributed by atoms with Gasteiger partial charge in [0.05, 0.1) is 18.1 Å². The highest BCUT2D eigenvalue weighted by Crippen LogP contribution is 2.16. The van der Waals surface area contributed by atoms with E-state index in [4.69, 9.17) is 11.6 Å². The molecule has 23 heavy (non-hydrogen) atoms. The second-order valence-electron chi connectivity index (χ2n) is 5.37. The van der Waals surface area contributed by atoms with E-state index in [0.29, 0.717) is 5.82 Å². The van der Waals surface area contributed by atoms with Gasteiger partial charge in [0.1, 0.15) is 5.82 Å². The van der Waals surface area contributed by atoms with Crippen LogP contribution in [0.5, 0.6) is 0 Å². The smallest absolute Gasteiger partial charge is 0.174 e. The van der Waals surface area contributed by atoms with Gasteiger partial charge in [0.2, 0.25) is 0 Å². The molecule has 0 aliphatic carbocycles. The number of aryl methyl sites for hydroxylation is 2. The Morgan fingerprint density at radius 3 is 2.74 bits per heavy atom. The molecule has 0 fully saturated rings. The minimum atomic E-state index is 0.707. The lowest BCUT2D eigenvalue weighted by Crippen LogP contribution is -2.09. The molecular formula is C17H18ClN5. The minimum absolute atomic E-state index is 0.707. The van der Waals surface area contributed by atoms with Crippen molar-refractivity contribution in [3.8, 4) is 5.82 Å². The summed E-state index contributed by atoms with van der Waals surface area (Å²) < 4.78 is 1.79. The average molecular weight is 328 g/mol. The predicted octanol–water partition coefficient (Wildman–Crippen LogP) is 3.59. The number of rotatable bonds is 5. The van der Waals surface area contributed by atoms with E-state index >= 15 is 0 Å². The highest BCUT2D eigenvalue weighted by Gasteiger charge is 2.06. The standard InChI is InChI=1S/C17H18ClN5/c1-12-9-13(2)23(22-12)17-11-19-10-16(21-17)20-8-7-14-5-3-4-6-15(14)18/h3-6,9-11H,7-8H2,1-2H3,(H,20,21). The van der Waals surface area contributed by atoms with Crippen molar-refractivity contribution in [1.82, 2.24) is 19.7 Å². The molecule has 0 aliphatic heterocycles. The topological polar surface area (TPSA) is 55.6 Å². The molecule has 2 heterocycles. The molecule has 0 atom stereocenters. The Hall–Kier alpha value is -2.40. The fraction of sp³-hybridized carbons (Fsp3) is 0.235. The summed E-state index contributed by atoms with van der Waals surface area (Å²) in [5.41, 5.74) is 3.11. The summed E-state index contributed by atoms with van der Waals surface area (Å²) >= 11 is 6.16. The van der Waals surface area contributed by atoms with E-state index in [-0.39, 0.29) is 0 Å². The van der Waals surface area contributed by atoms with Gasteiger partial charge in [-0.1, -0.05) is 29.8 Å². The summed E-state index contributed by atoms with van der Waals surface area (Å²) in [4.78, 5) is 8.81. The third-order valence-corrected chi connectivity index (χ3v) is 3.88. The van der Waals surface area contributed by atoms with Gasteiger partial charge in [-0.25, -0.2) is 9.67 Å². The minimum Gasteiger partial charge on any atom is -0.368 e. The van der Waals surface area contributed by atoms with Crippen molar-refractivity contribution in [1.29, 1.82) is 0 Å². The van der Waals surface area contributed by atoms with E-state index in [1.807, 2.05) is 44.2 Å². The maximum atomic E-state index is 6.16. The molecule has 0 amide bonds. The zero-order chi connectivity index (χ0) is 16.2. The summed E-state index contributed by atoms with van der Waals surface area (Å²) in [5, 5.41) is 8.50. The van der Waals surface area contributed by atoms with Gasteiger partial charge in [-0.2, -0.15) is 5.10 Å². The first-order chi connectivity index (χ1) is 11.1. The van der Waals surface area contributed by atoms with Crippen LogP contribution in [0.2, 0.25) is 5.02 Å². The van der Waals surface area contributed by atoms with Crippen molar-refractivity contribution in [2.24, 2.45) is 0 Å². The van der Waals surface area contributed by atoms with Gasteiger partial charge in [0, 0.05) is 17.3 Å². The van der Waals surface area contributed by atoms with Crippen LogP contribution in [-0.4, -0.2) is 26.3 Å². The number of halogens is 1. The highest BCUT2D eigenvalue weighted by molar-refractivity contribution is 6.31. The molecule has 1 aromatic carbocycles. The van der Waals surface area contributed by atoms with E-state index in [2.05, 4.69) is 20.4 Å². The number of nitrogens with zero attached hydrogens (tertiary/aromatic N) is 4. The van der Waals surface area contributed by atoms with Gasteiger partial charge >= 0.3 is 0 Å². The quantitative estimate of drug-likeness (QED) is 0.778. The monoisotopic (exact) mass is 327 g/mol. The van der Waals surface area contributed by atoms with Crippen LogP contribution in [-0.2, 0) is 6.42 Å². The molecule has 0 saturated heterocycles. The van der Waals surface area contributed by atoms with E-state index in [0.717, 1.165) is 40.8 Å². The van der Waals surface area contributed by atoms with Gasteiger partial charge in [-0.05, 0) is 38.0 Å². The Bertz CT molecular complexity index is 812. The second kappa shape index (κ2) is 6.79. The molecule has 0 bridgehead atoms. The highest BCUT2D eigenvalue weighted by atomic mass is 35.5. The van der Waals surface area contributed by atoms with Crippen LogP contribution >= 0.6 is 11.6 Å². The second-order valence-corrected chi connectivity index (χ2v) is 5.78. The first-order valence-electron chi connectivity index (χ1n) is 7.46. The Kier molecular flexibility index (Phi) is 4.57. The maximum Gasteiger partial charge on any atom is 0.174 e. The average Bonchev–Trinajstić information content (AvgIpc) is 2.88. The van der Waals surface area contributed by atoms with Crippen molar-refractivity contribution < 1.29 is 0 Å². The molecule has 3 aromatic rings. The Labute approximate surface area is 140 Å². The van der Waals surface area contributed by atoms with E-state index in [1.165, 1.54) is 0 Å². The SMILES string of the molecule is Cc1cc(C)n(-c2cncc(NCCc3ccccc3Cl)n2)n1. The number of hydrogen-bond donors (Lipinski definition) is 1. The fourth-order valence-corrected chi connectivity index (χ4v) is 2.66. The van der Waals surface area contributed by atoms with E-state index < -0.39 is 0 Å². The van der Waals surface area contributed by atoms with Crippen molar-refractivity contribution in [2.75, 3.05) is 11.9 Å². The van der Waals surface area contributed by atoms with Crippen LogP contribution in [0.4, 0.5) is 5.82 Å². The summed E-state index contributed by atoms with van der Waals surface area (Å²) in [6, 6.07) is 9.87. The summed E-state index contributed by atoms with van der Waals surface area (Å²) in [6.45, 7) is 4.70. The zero-order valence-corrected chi connectivity index (χ0v) is 13.9. The zero-order valence-electron chi connectivity index (χ0n) is 13.1. The van der Waals surface area contributed by atoms with Crippen LogP contribution < -0.4 is 5.32 Å². The molecule has 0 saturated carbocycles. The number of benzene rings is 1. The van der Waals surface area contributed by atoms with Crippen LogP contribution in [0.1, 0.15) is 17.0 Å². The Morgan fingerprint density at radius 1 is 1.17 bits per heavy atom. The molecule has 0 radical (unpaired) electrons. The molecule has 0 aliphatic rings. The van der Waals surface area contributed by atoms with Gasteiger partial charge < -0.3 is 5.32 Å². The van der Waals surface area contributed by atoms with Crippen LogP contribution in [0.3, 0.4) is 0 Å². The summed E-state index contributed by atoms with van der Waals surface area (Å²) in [6.07, 6.45) is 4.24. The van der Waals surface area contributed by atoms with Crippen LogP contribution in [0.25, 0.3) is 5.82 Å². The molecule has 0 spiro atoms. The third-order valence-electron chi connectivity index (χ3n) is 3.51. The summed E-state index contributed by atoms with van der Waals surface area (Å²) in [5.74, 6) is 1.43. The van der Waals surface area contributed by atoms with E-state index in [1.54, 1.807) is 17.1 Å². The van der Waals surface area contributed by atoms with Gasteiger partial charge in [-0.15, -0.1) is 0 Å². The molecule has 1 N–H and O–H groups in total. The van der Waals surface area contributed by atoms with Crippen molar-refractivity contribution in [3.05, 3.63) is 64.7 Å². The van der Waals surface area contributed by atoms with Crippen LogP contribution in [0.15, 0.2) is 42.7 Å². The molecule has 5 nitrogen and oxygen atoms in total. The molecule has 3 rings (SSSR count). The lowest BCUT2D eigenvalue weighted by Gasteiger charge is -2.08. The lowest BCUT2D eigenvalue weighted by atomic mass is 10.1. The molecule has 2 aromatic heterocycles. The lowest BCUT2D eigenvalue weighted by molar-refractivity contribution is 0.799. The Balaban J connectivity index is 1.69. The molecule has 0 unspecified atom stereocenters. The van der Waals surface area contributed by atoms with Gasteiger partial charge in [-0.3, -0.25) is 4.98 Å². The Morgan fingerprint density at radius 2 is 2.00 bits per heavy atom. The number of hydrogen-bond acceptors (Lipinski definition) is 4. The van der Waals surface area contributed by atoms with Gasteiger partial charge in [0.25, 0.3) is 0 Å². The number of anilines is 1. The third kappa shape index (κ3) is 3.68. The normalized spacial score (nSPS) is 10.7. The number of aromatic nitrogens is 4. The fourth-order valence-electron chi connectivity index (χ4n) is 2.43. The van der Waals surface area contributed by atoms with Crippen molar-refractivity contribution >= 4 is 17.4 Å². The number of nitrogens with one attached hydrogen (secondary N) is 1. The van der Waals surface area contributed by atoms with Gasteiger partial charge in [0.15, 0.2) is 5.82 Å². The predicted molar refractivity (Wildman–Crippen MR) is 92.3 cm³/mol. The maximum absolute atomic E-state index is 6.16. The first-order valence-corrected chi connectivity index (χ1v) is 7.84. The van der Waals surface area contributed by atoms with E-state index in [9.17, 15) is 0 Å². The first kappa shape index (κ1) is 15.5. The molecular weight excluding hydrogens is 310 g/mol.